The van der Waals surface area contributed by atoms with Crippen molar-refractivity contribution in [3.05, 3.63) is 17.5 Å². The summed E-state index contributed by atoms with van der Waals surface area (Å²) in [4.78, 5) is 12.0. The fourth-order valence-corrected chi connectivity index (χ4v) is 2.95. The minimum absolute atomic E-state index is 0.0601. The fourth-order valence-electron chi connectivity index (χ4n) is 2.95. The van der Waals surface area contributed by atoms with E-state index in [1.807, 2.05) is 0 Å². The topological polar surface area (TPSA) is 67.2 Å². The molecule has 2 atom stereocenters. The predicted octanol–water partition coefficient (Wildman–Crippen LogP) is 0.996. The lowest BCUT2D eigenvalue weighted by molar-refractivity contribution is 0.0922. The second-order valence-electron chi connectivity index (χ2n) is 5.08. The smallest absolute Gasteiger partial charge is 0.256 e. The first-order chi connectivity index (χ1) is 8.22. The van der Waals surface area contributed by atoms with E-state index in [1.165, 1.54) is 19.0 Å². The Morgan fingerprint density at radius 1 is 1.47 bits per heavy atom. The molecule has 2 saturated heterocycles. The molecule has 1 aromatic rings. The second-order valence-corrected chi connectivity index (χ2v) is 5.08. The average molecular weight is 235 g/mol. The van der Waals surface area contributed by atoms with Gasteiger partial charge in [-0.1, -0.05) is 5.16 Å². The van der Waals surface area contributed by atoms with Gasteiger partial charge in [0.25, 0.3) is 5.91 Å². The number of aromatic nitrogens is 1. The van der Waals surface area contributed by atoms with Gasteiger partial charge in [0.05, 0.1) is 6.20 Å². The normalized spacial score (nSPS) is 31.5. The Morgan fingerprint density at radius 3 is 2.76 bits per heavy atom. The minimum atomic E-state index is -0.0601. The number of amides is 1. The third kappa shape index (κ3) is 2.07. The maximum atomic E-state index is 12.0. The van der Waals surface area contributed by atoms with Crippen LogP contribution in [0.4, 0.5) is 0 Å². The van der Waals surface area contributed by atoms with E-state index in [0.29, 0.717) is 23.4 Å². The zero-order valence-electron chi connectivity index (χ0n) is 9.90. The van der Waals surface area contributed by atoms with Crippen LogP contribution >= 0.6 is 0 Å². The van der Waals surface area contributed by atoms with E-state index in [4.69, 9.17) is 4.52 Å². The number of hydrogen-bond acceptors (Lipinski definition) is 4. The molecule has 3 rings (SSSR count). The number of nitrogens with zero attached hydrogens (tertiary/aromatic N) is 1. The van der Waals surface area contributed by atoms with E-state index >= 15 is 0 Å². The van der Waals surface area contributed by atoms with Crippen molar-refractivity contribution < 1.29 is 9.32 Å². The molecule has 92 valence electrons. The van der Waals surface area contributed by atoms with Crippen LogP contribution in [0.1, 0.15) is 41.8 Å². The lowest BCUT2D eigenvalue weighted by Crippen LogP contribution is -2.48. The average Bonchev–Trinajstić information content (AvgIpc) is 2.85. The van der Waals surface area contributed by atoms with E-state index in [2.05, 4.69) is 15.8 Å². The van der Waals surface area contributed by atoms with Gasteiger partial charge in [-0.15, -0.1) is 0 Å². The van der Waals surface area contributed by atoms with Crippen molar-refractivity contribution in [3.8, 4) is 0 Å². The molecule has 2 fully saturated rings. The van der Waals surface area contributed by atoms with Gasteiger partial charge >= 0.3 is 0 Å². The van der Waals surface area contributed by atoms with Gasteiger partial charge in [0.1, 0.15) is 11.3 Å². The first-order valence-corrected chi connectivity index (χ1v) is 6.20. The molecular weight excluding hydrogens is 218 g/mol. The van der Waals surface area contributed by atoms with Crippen molar-refractivity contribution in [1.29, 1.82) is 0 Å². The van der Waals surface area contributed by atoms with Crippen LogP contribution in [0.2, 0.25) is 0 Å². The largest absolute Gasteiger partial charge is 0.361 e. The lowest BCUT2D eigenvalue weighted by Gasteiger charge is -2.29. The quantitative estimate of drug-likeness (QED) is 0.802. The number of hydrogen-bond donors (Lipinski definition) is 2. The van der Waals surface area contributed by atoms with Crippen molar-refractivity contribution in [2.24, 2.45) is 0 Å². The highest BCUT2D eigenvalue weighted by Gasteiger charge is 2.34. The van der Waals surface area contributed by atoms with Crippen molar-refractivity contribution in [1.82, 2.24) is 15.8 Å². The Labute approximate surface area is 99.9 Å². The Balaban J connectivity index is 1.64. The number of nitrogens with one attached hydrogen (secondary N) is 2. The van der Waals surface area contributed by atoms with Crippen LogP contribution in [0, 0.1) is 6.92 Å². The van der Waals surface area contributed by atoms with Gasteiger partial charge in [-0.3, -0.25) is 4.79 Å². The number of rotatable bonds is 2. The summed E-state index contributed by atoms with van der Waals surface area (Å²) in [6, 6.07) is 1.46. The highest BCUT2D eigenvalue weighted by atomic mass is 16.5. The summed E-state index contributed by atoms with van der Waals surface area (Å²) in [7, 11) is 0. The SMILES string of the molecule is Cc1oncc1C(=O)NC1CC2CCC(C1)N2. The summed E-state index contributed by atoms with van der Waals surface area (Å²) < 4.78 is 4.91. The maximum Gasteiger partial charge on any atom is 0.256 e. The number of carbonyl (C=O) groups excluding carboxylic acids is 1. The van der Waals surface area contributed by atoms with Crippen molar-refractivity contribution in [3.63, 3.8) is 0 Å². The second kappa shape index (κ2) is 4.14. The number of fused-ring (bicyclic) bond motifs is 2. The van der Waals surface area contributed by atoms with Gasteiger partial charge in [0.15, 0.2) is 0 Å². The van der Waals surface area contributed by atoms with Crippen molar-refractivity contribution in [2.45, 2.75) is 50.7 Å². The number of carbonyl (C=O) groups is 1. The van der Waals surface area contributed by atoms with Crippen LogP contribution < -0.4 is 10.6 Å². The zero-order valence-corrected chi connectivity index (χ0v) is 9.90. The summed E-state index contributed by atoms with van der Waals surface area (Å²) in [6.45, 7) is 1.76. The van der Waals surface area contributed by atoms with Crippen molar-refractivity contribution >= 4 is 5.91 Å². The van der Waals surface area contributed by atoms with E-state index < -0.39 is 0 Å². The molecular formula is C12H17N3O2. The first kappa shape index (κ1) is 10.8. The van der Waals surface area contributed by atoms with Crippen LogP contribution in [-0.4, -0.2) is 29.2 Å². The molecule has 0 saturated carbocycles. The van der Waals surface area contributed by atoms with Crippen LogP contribution in [0.25, 0.3) is 0 Å². The molecule has 2 N–H and O–H groups in total. The first-order valence-electron chi connectivity index (χ1n) is 6.20. The van der Waals surface area contributed by atoms with Gasteiger partial charge in [-0.25, -0.2) is 0 Å². The molecule has 2 unspecified atom stereocenters. The molecule has 1 aromatic heterocycles. The summed E-state index contributed by atoms with van der Waals surface area (Å²) in [5, 5.41) is 10.3. The number of aryl methyl sites for hydroxylation is 1. The molecule has 17 heavy (non-hydrogen) atoms. The third-order valence-corrected chi connectivity index (χ3v) is 3.80. The third-order valence-electron chi connectivity index (χ3n) is 3.80. The zero-order chi connectivity index (χ0) is 11.8. The summed E-state index contributed by atoms with van der Waals surface area (Å²) >= 11 is 0. The Kier molecular flexibility index (Phi) is 2.63. The Hall–Kier alpha value is -1.36. The summed E-state index contributed by atoms with van der Waals surface area (Å²) in [5.74, 6) is 0.523. The molecule has 5 heteroatoms. The Bertz CT molecular complexity index is 417. The Morgan fingerprint density at radius 2 is 2.18 bits per heavy atom. The van der Waals surface area contributed by atoms with Crippen LogP contribution in [0.3, 0.4) is 0 Å². The van der Waals surface area contributed by atoms with E-state index in [0.717, 1.165) is 12.8 Å². The van der Waals surface area contributed by atoms with Gasteiger partial charge in [0.2, 0.25) is 0 Å². The minimum Gasteiger partial charge on any atom is -0.361 e. The highest BCUT2D eigenvalue weighted by molar-refractivity contribution is 5.94. The molecule has 3 heterocycles. The summed E-state index contributed by atoms with van der Waals surface area (Å²) in [5.41, 5.74) is 0.552. The van der Waals surface area contributed by atoms with Crippen LogP contribution in [0.5, 0.6) is 0 Å². The molecule has 1 amide bonds. The van der Waals surface area contributed by atoms with Crippen LogP contribution in [-0.2, 0) is 0 Å². The van der Waals surface area contributed by atoms with Gasteiger partial charge < -0.3 is 15.2 Å². The fraction of sp³-hybridized carbons (Fsp3) is 0.667. The molecule has 2 aliphatic heterocycles. The van der Waals surface area contributed by atoms with Gasteiger partial charge in [0, 0.05) is 18.1 Å². The maximum absolute atomic E-state index is 12.0. The molecule has 0 aliphatic carbocycles. The van der Waals surface area contributed by atoms with E-state index in [9.17, 15) is 4.79 Å². The van der Waals surface area contributed by atoms with Crippen molar-refractivity contribution in [2.75, 3.05) is 0 Å². The lowest BCUT2D eigenvalue weighted by atomic mass is 9.99. The van der Waals surface area contributed by atoms with Gasteiger partial charge in [-0.05, 0) is 32.6 Å². The monoisotopic (exact) mass is 235 g/mol. The van der Waals surface area contributed by atoms with Crippen LogP contribution in [0.15, 0.2) is 10.7 Å². The highest BCUT2D eigenvalue weighted by Crippen LogP contribution is 2.26. The van der Waals surface area contributed by atoms with Gasteiger partial charge in [-0.2, -0.15) is 0 Å². The molecule has 0 spiro atoms. The van der Waals surface area contributed by atoms with E-state index in [1.54, 1.807) is 6.92 Å². The molecule has 0 radical (unpaired) electrons. The molecule has 2 bridgehead atoms. The predicted molar refractivity (Wildman–Crippen MR) is 61.7 cm³/mol. The molecule has 0 aromatic carbocycles. The summed E-state index contributed by atoms with van der Waals surface area (Å²) in [6.07, 6.45) is 6.03. The molecule has 5 nitrogen and oxygen atoms in total. The number of piperidine rings is 1. The van der Waals surface area contributed by atoms with E-state index in [-0.39, 0.29) is 11.9 Å². The standard InChI is InChI=1S/C12H17N3O2/c1-7-11(6-13-17-7)12(16)15-10-4-8-2-3-9(5-10)14-8/h6,8-10,14H,2-5H2,1H3,(H,15,16). The molecule has 2 aliphatic rings.